The Kier molecular flexibility index (Phi) is 6.11. The van der Waals surface area contributed by atoms with Crippen LogP contribution in [0.3, 0.4) is 0 Å². The van der Waals surface area contributed by atoms with Crippen molar-refractivity contribution >= 4 is 29.3 Å². The largest absolute Gasteiger partial charge is 0.338 e. The topological polar surface area (TPSA) is 86.8 Å². The van der Waals surface area contributed by atoms with E-state index in [4.69, 9.17) is 0 Å². The van der Waals surface area contributed by atoms with Gasteiger partial charge in [0.05, 0.1) is 11.3 Å². The van der Waals surface area contributed by atoms with Gasteiger partial charge in [-0.1, -0.05) is 26.0 Å². The molecule has 1 N–H and O–H groups in total. The van der Waals surface area contributed by atoms with E-state index in [-0.39, 0.29) is 49.4 Å². The molecule has 0 bridgehead atoms. The van der Waals surface area contributed by atoms with Gasteiger partial charge in [0.15, 0.2) is 0 Å². The fourth-order valence-electron chi connectivity index (χ4n) is 4.08. The van der Waals surface area contributed by atoms with Gasteiger partial charge in [0.2, 0.25) is 17.7 Å². The molecular formula is C21H27N3O4. The van der Waals surface area contributed by atoms with Gasteiger partial charge in [-0.15, -0.1) is 0 Å². The molecule has 150 valence electrons. The Balaban J connectivity index is 1.65. The van der Waals surface area contributed by atoms with Crippen LogP contribution in [-0.2, 0) is 14.4 Å². The number of para-hydroxylation sites is 1. The zero-order chi connectivity index (χ0) is 20.3. The van der Waals surface area contributed by atoms with Crippen LogP contribution in [0.2, 0.25) is 0 Å². The SMILES string of the molecule is CC1CC(C)CN(C(=O)c2ccccc2NC(=O)CCN2C(=O)CCC2=O)C1. The van der Waals surface area contributed by atoms with E-state index in [1.54, 1.807) is 24.3 Å². The number of imide groups is 1. The van der Waals surface area contributed by atoms with Crippen molar-refractivity contribution in [2.75, 3.05) is 25.0 Å². The van der Waals surface area contributed by atoms with Crippen molar-refractivity contribution in [3.8, 4) is 0 Å². The van der Waals surface area contributed by atoms with E-state index in [1.807, 2.05) is 4.90 Å². The van der Waals surface area contributed by atoms with E-state index in [9.17, 15) is 19.2 Å². The summed E-state index contributed by atoms with van der Waals surface area (Å²) in [5.41, 5.74) is 0.924. The minimum Gasteiger partial charge on any atom is -0.338 e. The lowest BCUT2D eigenvalue weighted by Crippen LogP contribution is -2.42. The number of likely N-dealkylation sites (tertiary alicyclic amines) is 2. The first kappa shape index (κ1) is 20.0. The summed E-state index contributed by atoms with van der Waals surface area (Å²) >= 11 is 0. The van der Waals surface area contributed by atoms with Crippen LogP contribution in [0.1, 0.15) is 49.9 Å². The third-order valence-corrected chi connectivity index (χ3v) is 5.30. The van der Waals surface area contributed by atoms with Crippen molar-refractivity contribution in [1.82, 2.24) is 9.80 Å². The molecule has 0 aliphatic carbocycles. The summed E-state index contributed by atoms with van der Waals surface area (Å²) in [7, 11) is 0. The summed E-state index contributed by atoms with van der Waals surface area (Å²) in [6.07, 6.45) is 1.54. The van der Waals surface area contributed by atoms with Gasteiger partial charge in [-0.25, -0.2) is 0 Å². The van der Waals surface area contributed by atoms with Crippen LogP contribution in [0, 0.1) is 11.8 Å². The molecule has 1 aromatic carbocycles. The van der Waals surface area contributed by atoms with Crippen LogP contribution in [0.15, 0.2) is 24.3 Å². The van der Waals surface area contributed by atoms with Gasteiger partial charge in [0.25, 0.3) is 5.91 Å². The lowest BCUT2D eigenvalue weighted by atomic mass is 9.91. The molecule has 0 saturated carbocycles. The third kappa shape index (κ3) is 4.58. The third-order valence-electron chi connectivity index (χ3n) is 5.30. The Bertz CT molecular complexity index is 766. The monoisotopic (exact) mass is 385 g/mol. The van der Waals surface area contributed by atoms with Crippen LogP contribution in [0.25, 0.3) is 0 Å². The maximum atomic E-state index is 13.0. The van der Waals surface area contributed by atoms with E-state index in [1.165, 1.54) is 0 Å². The molecule has 2 atom stereocenters. The highest BCUT2D eigenvalue weighted by Crippen LogP contribution is 2.25. The van der Waals surface area contributed by atoms with Crippen LogP contribution in [-0.4, -0.2) is 53.1 Å². The van der Waals surface area contributed by atoms with Gasteiger partial charge in [0.1, 0.15) is 0 Å². The van der Waals surface area contributed by atoms with Gasteiger partial charge in [-0.3, -0.25) is 24.1 Å². The van der Waals surface area contributed by atoms with E-state index >= 15 is 0 Å². The Morgan fingerprint density at radius 1 is 1.04 bits per heavy atom. The van der Waals surface area contributed by atoms with Crippen LogP contribution < -0.4 is 5.32 Å². The number of nitrogens with zero attached hydrogens (tertiary/aromatic N) is 2. The molecule has 0 spiro atoms. The van der Waals surface area contributed by atoms with Gasteiger partial charge in [-0.05, 0) is 30.4 Å². The van der Waals surface area contributed by atoms with Crippen molar-refractivity contribution in [1.29, 1.82) is 0 Å². The number of carbonyl (C=O) groups is 4. The Morgan fingerprint density at radius 3 is 2.29 bits per heavy atom. The number of hydrogen-bond donors (Lipinski definition) is 1. The zero-order valence-corrected chi connectivity index (χ0v) is 16.4. The second-order valence-corrected chi connectivity index (χ2v) is 7.94. The summed E-state index contributed by atoms with van der Waals surface area (Å²) in [6.45, 7) is 5.78. The van der Waals surface area contributed by atoms with Crippen LogP contribution >= 0.6 is 0 Å². The molecule has 2 unspecified atom stereocenters. The molecule has 0 aromatic heterocycles. The van der Waals surface area contributed by atoms with Crippen LogP contribution in [0.5, 0.6) is 0 Å². The van der Waals surface area contributed by atoms with Gasteiger partial charge in [0, 0.05) is 38.9 Å². The van der Waals surface area contributed by atoms with E-state index in [2.05, 4.69) is 19.2 Å². The molecule has 0 radical (unpaired) electrons. The maximum absolute atomic E-state index is 13.0. The van der Waals surface area contributed by atoms with Crippen molar-refractivity contribution in [3.63, 3.8) is 0 Å². The first-order valence-electron chi connectivity index (χ1n) is 9.86. The number of benzene rings is 1. The second kappa shape index (κ2) is 8.54. The summed E-state index contributed by atoms with van der Waals surface area (Å²) in [6, 6.07) is 6.96. The van der Waals surface area contributed by atoms with Crippen LogP contribution in [0.4, 0.5) is 5.69 Å². The Labute approximate surface area is 165 Å². The summed E-state index contributed by atoms with van der Waals surface area (Å²) in [5, 5.41) is 2.77. The fourth-order valence-corrected chi connectivity index (χ4v) is 4.08. The zero-order valence-electron chi connectivity index (χ0n) is 16.4. The molecular weight excluding hydrogens is 358 g/mol. The number of rotatable bonds is 5. The molecule has 28 heavy (non-hydrogen) atoms. The smallest absolute Gasteiger partial charge is 0.255 e. The molecule has 2 saturated heterocycles. The quantitative estimate of drug-likeness (QED) is 0.788. The van der Waals surface area contributed by atoms with Crippen molar-refractivity contribution < 1.29 is 19.2 Å². The summed E-state index contributed by atoms with van der Waals surface area (Å²) in [4.78, 5) is 51.7. The normalized spacial score (nSPS) is 22.5. The molecule has 3 rings (SSSR count). The standard InChI is InChI=1S/C21H27N3O4/c1-14-11-15(2)13-23(12-14)21(28)16-5-3-4-6-17(16)22-18(25)9-10-24-19(26)7-8-20(24)27/h3-6,14-15H,7-13H2,1-2H3,(H,22,25). The van der Waals surface area contributed by atoms with Gasteiger partial charge in [-0.2, -0.15) is 0 Å². The molecule has 7 heteroatoms. The van der Waals surface area contributed by atoms with E-state index in [0.717, 1.165) is 11.3 Å². The second-order valence-electron chi connectivity index (χ2n) is 7.94. The highest BCUT2D eigenvalue weighted by Gasteiger charge is 2.30. The molecule has 2 aliphatic rings. The van der Waals surface area contributed by atoms with Gasteiger partial charge >= 0.3 is 0 Å². The number of nitrogens with one attached hydrogen (secondary N) is 1. The number of piperidine rings is 1. The van der Waals surface area contributed by atoms with Gasteiger partial charge < -0.3 is 10.2 Å². The van der Waals surface area contributed by atoms with Crippen molar-refractivity contribution in [2.45, 2.75) is 39.5 Å². The average molecular weight is 385 g/mol. The number of amides is 4. The van der Waals surface area contributed by atoms with E-state index < -0.39 is 0 Å². The lowest BCUT2D eigenvalue weighted by molar-refractivity contribution is -0.138. The maximum Gasteiger partial charge on any atom is 0.255 e. The summed E-state index contributed by atoms with van der Waals surface area (Å²) < 4.78 is 0. The molecule has 2 aliphatic heterocycles. The summed E-state index contributed by atoms with van der Waals surface area (Å²) in [5.74, 6) is 0.0192. The lowest BCUT2D eigenvalue weighted by Gasteiger charge is -2.35. The molecule has 2 fully saturated rings. The molecule has 7 nitrogen and oxygen atoms in total. The van der Waals surface area contributed by atoms with E-state index in [0.29, 0.717) is 36.2 Å². The first-order valence-corrected chi connectivity index (χ1v) is 9.86. The fraction of sp³-hybridized carbons (Fsp3) is 0.524. The first-order chi connectivity index (χ1) is 13.3. The molecule has 1 aromatic rings. The Hall–Kier alpha value is -2.70. The highest BCUT2D eigenvalue weighted by molar-refractivity contribution is 6.05. The predicted molar refractivity (Wildman–Crippen MR) is 104 cm³/mol. The molecule has 4 amide bonds. The van der Waals surface area contributed by atoms with Crippen molar-refractivity contribution in [3.05, 3.63) is 29.8 Å². The predicted octanol–water partition coefficient (Wildman–Crippen LogP) is 2.28. The average Bonchev–Trinajstić information content (AvgIpc) is 2.97. The Morgan fingerprint density at radius 2 is 1.64 bits per heavy atom. The number of anilines is 1. The highest BCUT2D eigenvalue weighted by atomic mass is 16.2. The van der Waals surface area contributed by atoms with Crippen molar-refractivity contribution in [2.24, 2.45) is 11.8 Å². The minimum absolute atomic E-state index is 0.0117. The number of carbonyl (C=O) groups excluding carboxylic acids is 4. The molecule has 2 heterocycles. The minimum atomic E-state index is -0.326. The number of hydrogen-bond acceptors (Lipinski definition) is 4.